The van der Waals surface area contributed by atoms with Crippen LogP contribution in [0.25, 0.3) is 0 Å². The molecule has 1 amide bonds. The van der Waals surface area contributed by atoms with Crippen molar-refractivity contribution in [2.75, 3.05) is 0 Å². The number of aromatic nitrogens is 1. The monoisotopic (exact) mass is 443 g/mol. The molecule has 1 aromatic heterocycles. The molecule has 5 atom stereocenters. The number of carbonyl (C=O) groups excluding carboxylic acids is 1. The van der Waals surface area contributed by atoms with Crippen LogP contribution >= 0.6 is 0 Å². The Morgan fingerprint density at radius 1 is 1.03 bits per heavy atom. The first-order valence-electron chi connectivity index (χ1n) is 12.7. The topological polar surface area (TPSA) is 54.8 Å². The van der Waals surface area contributed by atoms with Gasteiger partial charge in [-0.3, -0.25) is 14.8 Å². The number of amides is 1. The molecule has 4 aliphatic rings. The molecular weight excluding hydrogens is 410 g/mol. The second kappa shape index (κ2) is 8.35. The van der Waals surface area contributed by atoms with Crippen LogP contribution in [0.3, 0.4) is 0 Å². The molecule has 1 aromatic carbocycles. The van der Waals surface area contributed by atoms with Gasteiger partial charge in [0.1, 0.15) is 0 Å². The summed E-state index contributed by atoms with van der Waals surface area (Å²) in [5.74, 6) is 1.12. The zero-order valence-corrected chi connectivity index (χ0v) is 19.4. The van der Waals surface area contributed by atoms with E-state index in [1.165, 1.54) is 37.7 Å². The molecule has 3 heterocycles. The molecule has 5 heteroatoms. The highest BCUT2D eigenvalue weighted by Crippen LogP contribution is 2.53. The lowest BCUT2D eigenvalue weighted by Gasteiger charge is -2.38. The average molecular weight is 444 g/mol. The lowest BCUT2D eigenvalue weighted by Crippen LogP contribution is -2.52. The van der Waals surface area contributed by atoms with Crippen molar-refractivity contribution in [2.24, 2.45) is 22.7 Å². The molecule has 1 saturated heterocycles. The number of aliphatic imine (C=N–C) groups is 1. The summed E-state index contributed by atoms with van der Waals surface area (Å²) in [6.45, 7) is 2.73. The van der Waals surface area contributed by atoms with E-state index in [2.05, 4.69) is 42.2 Å². The molecule has 2 bridgehead atoms. The number of carbonyl (C=O) groups is 1. The highest BCUT2D eigenvalue weighted by Gasteiger charge is 2.63. The van der Waals surface area contributed by atoms with Gasteiger partial charge in [0.2, 0.25) is 5.91 Å². The Labute approximate surface area is 196 Å². The molecule has 0 radical (unpaired) electrons. The van der Waals surface area contributed by atoms with Crippen molar-refractivity contribution < 1.29 is 9.53 Å². The van der Waals surface area contributed by atoms with Crippen molar-refractivity contribution in [2.45, 2.75) is 76.3 Å². The van der Waals surface area contributed by atoms with E-state index >= 15 is 0 Å². The zero-order chi connectivity index (χ0) is 22.4. The van der Waals surface area contributed by atoms with Crippen molar-refractivity contribution in [3.63, 3.8) is 0 Å². The Morgan fingerprint density at radius 3 is 2.58 bits per heavy atom. The first-order chi connectivity index (χ1) is 16.2. The predicted octanol–water partition coefficient (Wildman–Crippen LogP) is 5.33. The van der Waals surface area contributed by atoms with Crippen LogP contribution in [0.4, 0.5) is 0 Å². The van der Waals surface area contributed by atoms with Crippen LogP contribution < -0.4 is 0 Å². The van der Waals surface area contributed by atoms with E-state index in [0.717, 1.165) is 17.8 Å². The molecule has 2 aliphatic heterocycles. The quantitative estimate of drug-likeness (QED) is 0.642. The standard InChI is InChI=1S/C28H33N3O2/c1-19-23(20-10-4-2-5-11-20)16-25-28(33-26(30-25)21-12-6-3-7-13-21)17-24(19)27(32)31(28)18-22-14-8-9-15-29-22/h2,4-5,8-11,14-15,19,21,23-24,26H,3,6-7,12-13,16-18H2,1H3/t19-,23+,24+,26-,28+/m1/s1. The largest absolute Gasteiger partial charge is 0.325 e. The van der Waals surface area contributed by atoms with E-state index in [1.807, 2.05) is 23.1 Å². The summed E-state index contributed by atoms with van der Waals surface area (Å²) < 4.78 is 6.92. The van der Waals surface area contributed by atoms with Gasteiger partial charge in [-0.05, 0) is 48.8 Å². The van der Waals surface area contributed by atoms with Crippen LogP contribution in [0.15, 0.2) is 59.7 Å². The second-order valence-corrected chi connectivity index (χ2v) is 10.4. The Kier molecular flexibility index (Phi) is 5.33. The number of rotatable bonds is 4. The molecule has 2 saturated carbocycles. The third-order valence-electron chi connectivity index (χ3n) is 8.58. The number of fused-ring (bicyclic) bond motifs is 1. The minimum absolute atomic E-state index is 0.0586. The molecule has 0 N–H and O–H groups in total. The summed E-state index contributed by atoms with van der Waals surface area (Å²) in [6, 6.07) is 16.6. The fraction of sp³-hybridized carbons (Fsp3) is 0.536. The van der Waals surface area contributed by atoms with Crippen molar-refractivity contribution in [3.05, 3.63) is 66.0 Å². The highest BCUT2D eigenvalue weighted by atomic mass is 16.6. The summed E-state index contributed by atoms with van der Waals surface area (Å²) in [5.41, 5.74) is 2.59. The molecule has 172 valence electrons. The van der Waals surface area contributed by atoms with E-state index in [4.69, 9.17) is 9.73 Å². The fourth-order valence-electron chi connectivity index (χ4n) is 6.71. The average Bonchev–Trinajstić information content (AvgIpc) is 3.32. The van der Waals surface area contributed by atoms with Crippen molar-refractivity contribution >= 4 is 11.6 Å². The normalized spacial score (nSPS) is 34.2. The lowest BCUT2D eigenvalue weighted by molar-refractivity contribution is -0.155. The van der Waals surface area contributed by atoms with Gasteiger partial charge < -0.3 is 9.64 Å². The minimum Gasteiger partial charge on any atom is -0.325 e. The maximum atomic E-state index is 13.9. The van der Waals surface area contributed by atoms with Crippen molar-refractivity contribution in [1.82, 2.24) is 9.88 Å². The number of pyridine rings is 1. The third kappa shape index (κ3) is 3.52. The molecule has 2 aromatic rings. The molecule has 2 aliphatic carbocycles. The number of hydrogen-bond donors (Lipinski definition) is 0. The van der Waals surface area contributed by atoms with Crippen LogP contribution in [0, 0.1) is 17.8 Å². The SMILES string of the molecule is C[C@H]1[C@@H]2C[C@@]3(O[C@H](C4CCCCC4)N=C3C[C@@H]1c1ccccc1)N(Cc1ccccn1)C2=O. The first kappa shape index (κ1) is 21.0. The van der Waals surface area contributed by atoms with Crippen LogP contribution in [-0.4, -0.2) is 33.5 Å². The number of ether oxygens (including phenoxy) is 1. The van der Waals surface area contributed by atoms with Crippen molar-refractivity contribution in [1.29, 1.82) is 0 Å². The fourth-order valence-corrected chi connectivity index (χ4v) is 6.71. The maximum Gasteiger partial charge on any atom is 0.229 e. The van der Waals surface area contributed by atoms with Gasteiger partial charge in [-0.1, -0.05) is 62.6 Å². The van der Waals surface area contributed by atoms with Gasteiger partial charge in [0.05, 0.1) is 18.0 Å². The molecule has 5 nitrogen and oxygen atoms in total. The summed E-state index contributed by atoms with van der Waals surface area (Å²) in [7, 11) is 0. The summed E-state index contributed by atoms with van der Waals surface area (Å²) in [6.07, 6.45) is 9.42. The Hall–Kier alpha value is -2.53. The van der Waals surface area contributed by atoms with E-state index in [1.54, 1.807) is 6.20 Å². The van der Waals surface area contributed by atoms with E-state index in [0.29, 0.717) is 18.9 Å². The molecule has 3 fully saturated rings. The Morgan fingerprint density at radius 2 is 1.82 bits per heavy atom. The van der Waals surface area contributed by atoms with Gasteiger partial charge in [-0.2, -0.15) is 0 Å². The number of likely N-dealkylation sites (tertiary alicyclic amines) is 1. The van der Waals surface area contributed by atoms with Gasteiger partial charge in [0, 0.05) is 24.5 Å². The second-order valence-electron chi connectivity index (χ2n) is 10.4. The molecule has 1 spiro atoms. The summed E-state index contributed by atoms with van der Waals surface area (Å²) >= 11 is 0. The van der Waals surface area contributed by atoms with Gasteiger partial charge in [-0.15, -0.1) is 0 Å². The van der Waals surface area contributed by atoms with E-state index < -0.39 is 5.72 Å². The van der Waals surface area contributed by atoms with Crippen LogP contribution in [-0.2, 0) is 16.1 Å². The summed E-state index contributed by atoms with van der Waals surface area (Å²) in [5, 5.41) is 0. The lowest BCUT2D eigenvalue weighted by atomic mass is 9.78. The number of benzene rings is 1. The van der Waals surface area contributed by atoms with Crippen LogP contribution in [0.2, 0.25) is 0 Å². The third-order valence-corrected chi connectivity index (χ3v) is 8.58. The van der Waals surface area contributed by atoms with E-state index in [9.17, 15) is 4.79 Å². The van der Waals surface area contributed by atoms with Crippen LogP contribution in [0.1, 0.15) is 69.0 Å². The maximum absolute atomic E-state index is 13.9. The van der Waals surface area contributed by atoms with Gasteiger partial charge >= 0.3 is 0 Å². The molecular formula is C28H33N3O2. The molecule has 6 rings (SSSR count). The highest BCUT2D eigenvalue weighted by molar-refractivity contribution is 6.01. The predicted molar refractivity (Wildman–Crippen MR) is 127 cm³/mol. The number of nitrogens with zero attached hydrogens (tertiary/aromatic N) is 3. The Bertz CT molecular complexity index is 1030. The minimum atomic E-state index is -0.709. The number of hydrogen-bond acceptors (Lipinski definition) is 4. The van der Waals surface area contributed by atoms with Gasteiger partial charge in [-0.25, -0.2) is 0 Å². The van der Waals surface area contributed by atoms with Crippen molar-refractivity contribution in [3.8, 4) is 0 Å². The van der Waals surface area contributed by atoms with Gasteiger partial charge in [0.25, 0.3) is 0 Å². The molecule has 33 heavy (non-hydrogen) atoms. The first-order valence-corrected chi connectivity index (χ1v) is 12.7. The molecule has 0 unspecified atom stereocenters. The Balaban J connectivity index is 1.40. The van der Waals surface area contributed by atoms with E-state index in [-0.39, 0.29) is 29.9 Å². The smallest absolute Gasteiger partial charge is 0.229 e. The zero-order valence-electron chi connectivity index (χ0n) is 19.4. The summed E-state index contributed by atoms with van der Waals surface area (Å²) in [4.78, 5) is 25.7. The van der Waals surface area contributed by atoms with Gasteiger partial charge in [0.15, 0.2) is 12.0 Å². The van der Waals surface area contributed by atoms with Crippen LogP contribution in [0.5, 0.6) is 0 Å².